The maximum atomic E-state index is 13.1. The van der Waals surface area contributed by atoms with E-state index in [4.69, 9.17) is 0 Å². The predicted octanol–water partition coefficient (Wildman–Crippen LogP) is 4.06. The van der Waals surface area contributed by atoms with Crippen LogP contribution in [0.4, 0.5) is 20.2 Å². The van der Waals surface area contributed by atoms with Crippen molar-refractivity contribution < 1.29 is 18.4 Å². The molecule has 2 N–H and O–H groups in total. The van der Waals surface area contributed by atoms with Gasteiger partial charge in [-0.05, 0) is 53.0 Å². The summed E-state index contributed by atoms with van der Waals surface area (Å²) in [5, 5.41) is 9.24. The summed E-state index contributed by atoms with van der Waals surface area (Å²) in [7, 11) is 0. The molecule has 1 saturated carbocycles. The van der Waals surface area contributed by atoms with Crippen LogP contribution in [0.25, 0.3) is 0 Å². The van der Waals surface area contributed by atoms with E-state index < -0.39 is 6.43 Å². The molecule has 3 rings (SSSR count). The minimum atomic E-state index is -2.70. The summed E-state index contributed by atoms with van der Waals surface area (Å²) in [6.45, 7) is 1.26. The number of carbonyl (C=O) groups excluding carboxylic acids is 2. The Morgan fingerprint density at radius 3 is 2.31 bits per heavy atom. The standard InChI is InChI=1S/C17H17BrF2N4O2/c1-9(25)21-11-4-6-12(7-5-11)22-13(26)8-24-16(10-2-3-10)14(18)15(23-24)17(19)20/h4-7,10,17H,2-3,8H2,1H3,(H,21,25)(H,22,26). The first-order valence-corrected chi connectivity index (χ1v) is 8.86. The average molecular weight is 427 g/mol. The van der Waals surface area contributed by atoms with Crippen molar-refractivity contribution in [2.75, 3.05) is 10.6 Å². The van der Waals surface area contributed by atoms with Crippen LogP contribution >= 0.6 is 15.9 Å². The Kier molecular flexibility index (Phi) is 5.36. The van der Waals surface area contributed by atoms with Crippen LogP contribution < -0.4 is 10.6 Å². The van der Waals surface area contributed by atoms with Gasteiger partial charge in [0, 0.05) is 24.2 Å². The first-order valence-electron chi connectivity index (χ1n) is 8.07. The van der Waals surface area contributed by atoms with Crippen molar-refractivity contribution in [3.05, 3.63) is 40.1 Å². The first kappa shape index (κ1) is 18.5. The number of rotatable bonds is 6. The van der Waals surface area contributed by atoms with E-state index in [0.29, 0.717) is 21.5 Å². The molecule has 1 aliphatic rings. The van der Waals surface area contributed by atoms with Gasteiger partial charge in [-0.15, -0.1) is 0 Å². The van der Waals surface area contributed by atoms with Crippen LogP contribution in [0.5, 0.6) is 0 Å². The smallest absolute Gasteiger partial charge is 0.283 e. The van der Waals surface area contributed by atoms with E-state index >= 15 is 0 Å². The molecule has 0 unspecified atom stereocenters. The van der Waals surface area contributed by atoms with Crippen LogP contribution in [0.15, 0.2) is 28.7 Å². The van der Waals surface area contributed by atoms with Gasteiger partial charge in [0.2, 0.25) is 11.8 Å². The van der Waals surface area contributed by atoms with E-state index in [0.717, 1.165) is 12.8 Å². The molecule has 2 amide bonds. The lowest BCUT2D eigenvalue weighted by molar-refractivity contribution is -0.117. The van der Waals surface area contributed by atoms with Gasteiger partial charge >= 0.3 is 0 Å². The number of nitrogens with one attached hydrogen (secondary N) is 2. The van der Waals surface area contributed by atoms with E-state index in [-0.39, 0.29) is 30.0 Å². The van der Waals surface area contributed by atoms with Gasteiger partial charge in [0.15, 0.2) is 0 Å². The zero-order chi connectivity index (χ0) is 18.8. The highest BCUT2D eigenvalue weighted by atomic mass is 79.9. The van der Waals surface area contributed by atoms with Gasteiger partial charge in [0.05, 0.1) is 10.2 Å². The third kappa shape index (κ3) is 4.27. The van der Waals surface area contributed by atoms with Gasteiger partial charge in [0.25, 0.3) is 6.43 Å². The number of hydrogen-bond acceptors (Lipinski definition) is 3. The molecule has 1 heterocycles. The Hall–Kier alpha value is -2.29. The van der Waals surface area contributed by atoms with Crippen molar-refractivity contribution in [2.24, 2.45) is 0 Å². The lowest BCUT2D eigenvalue weighted by Gasteiger charge is -2.09. The molecule has 0 aliphatic heterocycles. The summed E-state index contributed by atoms with van der Waals surface area (Å²) in [5.41, 5.74) is 1.47. The monoisotopic (exact) mass is 426 g/mol. The van der Waals surface area contributed by atoms with Gasteiger partial charge in [0.1, 0.15) is 12.2 Å². The average Bonchev–Trinajstić information content (AvgIpc) is 3.33. The Balaban J connectivity index is 1.70. The minimum absolute atomic E-state index is 0.148. The minimum Gasteiger partial charge on any atom is -0.326 e. The highest BCUT2D eigenvalue weighted by molar-refractivity contribution is 9.10. The molecular formula is C17H17BrF2N4O2. The molecule has 6 nitrogen and oxygen atoms in total. The fraction of sp³-hybridized carbons (Fsp3) is 0.353. The van der Waals surface area contributed by atoms with Gasteiger partial charge < -0.3 is 10.6 Å². The summed E-state index contributed by atoms with van der Waals surface area (Å²) < 4.78 is 27.8. The molecule has 1 aromatic carbocycles. The quantitative estimate of drug-likeness (QED) is 0.730. The Labute approximate surface area is 157 Å². The third-order valence-corrected chi connectivity index (χ3v) is 4.72. The number of benzene rings is 1. The summed E-state index contributed by atoms with van der Waals surface area (Å²) in [5.74, 6) is -0.391. The molecule has 0 radical (unpaired) electrons. The number of hydrogen-bond donors (Lipinski definition) is 2. The Bertz CT molecular complexity index is 832. The Morgan fingerprint density at radius 2 is 1.81 bits per heavy atom. The van der Waals surface area contributed by atoms with Crippen molar-refractivity contribution in [1.82, 2.24) is 9.78 Å². The van der Waals surface area contributed by atoms with Gasteiger partial charge in [-0.1, -0.05) is 0 Å². The number of alkyl halides is 2. The molecule has 0 bridgehead atoms. The predicted molar refractivity (Wildman–Crippen MR) is 96.2 cm³/mol. The molecule has 138 valence electrons. The van der Waals surface area contributed by atoms with Crippen LogP contribution in [0.3, 0.4) is 0 Å². The molecule has 1 fully saturated rings. The van der Waals surface area contributed by atoms with Crippen LogP contribution in [0.1, 0.15) is 43.5 Å². The number of amides is 2. The number of halogens is 3. The van der Waals surface area contributed by atoms with Crippen LogP contribution in [0.2, 0.25) is 0 Å². The maximum absolute atomic E-state index is 13.1. The van der Waals surface area contributed by atoms with Crippen LogP contribution in [-0.4, -0.2) is 21.6 Å². The maximum Gasteiger partial charge on any atom is 0.283 e. The number of carbonyl (C=O) groups is 2. The van der Waals surface area contributed by atoms with Gasteiger partial charge in [-0.2, -0.15) is 5.10 Å². The zero-order valence-electron chi connectivity index (χ0n) is 13.9. The first-order chi connectivity index (χ1) is 12.3. The third-order valence-electron chi connectivity index (χ3n) is 3.91. The molecular weight excluding hydrogens is 410 g/mol. The SMILES string of the molecule is CC(=O)Nc1ccc(NC(=O)Cn2nc(C(F)F)c(Br)c2C2CC2)cc1. The molecule has 9 heteroatoms. The molecule has 0 spiro atoms. The van der Waals surface area contributed by atoms with Crippen molar-refractivity contribution in [3.63, 3.8) is 0 Å². The van der Waals surface area contributed by atoms with Gasteiger partial charge in [-0.25, -0.2) is 8.78 Å². The largest absolute Gasteiger partial charge is 0.326 e. The summed E-state index contributed by atoms with van der Waals surface area (Å²) >= 11 is 3.20. The molecule has 0 atom stereocenters. The fourth-order valence-corrected chi connectivity index (χ4v) is 3.44. The topological polar surface area (TPSA) is 76.0 Å². The molecule has 1 aliphatic carbocycles. The zero-order valence-corrected chi connectivity index (χ0v) is 15.5. The van der Waals surface area contributed by atoms with Crippen LogP contribution in [0, 0.1) is 0 Å². The second-order valence-corrected chi connectivity index (χ2v) is 6.92. The van der Waals surface area contributed by atoms with Crippen molar-refractivity contribution in [2.45, 2.75) is 38.7 Å². The van der Waals surface area contributed by atoms with Crippen molar-refractivity contribution in [3.8, 4) is 0 Å². The molecule has 26 heavy (non-hydrogen) atoms. The van der Waals surface area contributed by atoms with Crippen LogP contribution in [-0.2, 0) is 16.1 Å². The molecule has 2 aromatic rings. The number of aromatic nitrogens is 2. The highest BCUT2D eigenvalue weighted by Crippen LogP contribution is 2.45. The molecule has 0 saturated heterocycles. The normalized spacial score (nSPS) is 13.7. The Morgan fingerprint density at radius 1 is 1.23 bits per heavy atom. The van der Waals surface area contributed by atoms with Crippen molar-refractivity contribution >= 4 is 39.1 Å². The van der Waals surface area contributed by atoms with E-state index in [9.17, 15) is 18.4 Å². The summed E-state index contributed by atoms with van der Waals surface area (Å²) in [4.78, 5) is 23.3. The van der Waals surface area contributed by atoms with Crippen molar-refractivity contribution in [1.29, 1.82) is 0 Å². The van der Waals surface area contributed by atoms with E-state index in [1.807, 2.05) is 0 Å². The number of nitrogens with zero attached hydrogens (tertiary/aromatic N) is 2. The lowest BCUT2D eigenvalue weighted by atomic mass is 10.2. The number of anilines is 2. The summed E-state index contributed by atoms with van der Waals surface area (Å²) in [6, 6.07) is 6.61. The summed E-state index contributed by atoms with van der Waals surface area (Å²) in [6.07, 6.45) is -0.897. The lowest BCUT2D eigenvalue weighted by Crippen LogP contribution is -2.21. The van der Waals surface area contributed by atoms with E-state index in [2.05, 4.69) is 31.7 Å². The van der Waals surface area contributed by atoms with Gasteiger partial charge in [-0.3, -0.25) is 14.3 Å². The van der Waals surface area contributed by atoms with E-state index in [1.54, 1.807) is 24.3 Å². The second kappa shape index (κ2) is 7.53. The molecule has 1 aromatic heterocycles. The second-order valence-electron chi connectivity index (χ2n) is 6.12. The highest BCUT2D eigenvalue weighted by Gasteiger charge is 2.34. The van der Waals surface area contributed by atoms with E-state index in [1.165, 1.54) is 11.6 Å². The fourth-order valence-electron chi connectivity index (χ4n) is 2.66.